The molecular weight excluding hydrogens is 959 g/mol. The molecule has 0 aliphatic heterocycles. The molecule has 6 unspecified atom stereocenters. The fraction of sp³-hybridized carbons (Fsp3) is 0.438. The van der Waals surface area contributed by atoms with Gasteiger partial charge in [0.05, 0.1) is 61.7 Å². The number of benzene rings is 2. The summed E-state index contributed by atoms with van der Waals surface area (Å²) in [4.78, 5) is 13.7. The highest BCUT2D eigenvalue weighted by Gasteiger charge is 2.42. The van der Waals surface area contributed by atoms with Crippen LogP contribution in [0.15, 0.2) is 102 Å². The Balaban J connectivity index is 0.000000160. The zero-order valence-electron chi connectivity index (χ0n) is 38.8. The highest BCUT2D eigenvalue weighted by atomic mass is 32.2. The molecule has 0 bridgehead atoms. The molecule has 4 saturated carbocycles. The molecule has 17 nitrogen and oxygen atoms in total. The van der Waals surface area contributed by atoms with Crippen molar-refractivity contribution in [2.24, 2.45) is 17.8 Å². The first kappa shape index (κ1) is 47.3. The molecule has 366 valence electrons. The molecule has 4 aliphatic carbocycles. The number of nitrogen functional groups attached to an aromatic ring is 1. The van der Waals surface area contributed by atoms with E-state index in [0.717, 1.165) is 61.6 Å². The quantitative estimate of drug-likeness (QED) is 0.106. The van der Waals surface area contributed by atoms with Crippen molar-refractivity contribution in [1.82, 2.24) is 32.2 Å². The van der Waals surface area contributed by atoms with Crippen LogP contribution in [0.25, 0.3) is 33.1 Å². The number of fused-ring (bicyclic) bond motifs is 4. The van der Waals surface area contributed by atoms with Crippen LogP contribution in [0.3, 0.4) is 0 Å². The van der Waals surface area contributed by atoms with E-state index in [4.69, 9.17) is 5.73 Å². The van der Waals surface area contributed by atoms with Crippen molar-refractivity contribution < 1.29 is 33.7 Å². The van der Waals surface area contributed by atoms with Gasteiger partial charge in [0, 0.05) is 41.3 Å². The van der Waals surface area contributed by atoms with E-state index in [1.54, 1.807) is 73.2 Å². The fourth-order valence-electron chi connectivity index (χ4n) is 10.3. The number of sulfonamides is 1. The highest BCUT2D eigenvalue weighted by Crippen LogP contribution is 2.42. The van der Waals surface area contributed by atoms with Crippen LogP contribution in [0.2, 0.25) is 0 Å². The number of anilines is 2. The first-order valence-electron chi connectivity index (χ1n) is 23.4. The lowest BCUT2D eigenvalue weighted by atomic mass is 10.1. The topological polar surface area (TPSA) is 240 Å². The molecule has 21 heteroatoms. The van der Waals surface area contributed by atoms with E-state index < -0.39 is 39.9 Å². The van der Waals surface area contributed by atoms with Gasteiger partial charge < -0.3 is 15.6 Å². The minimum Gasteiger partial charge on any atom is -0.396 e. The summed E-state index contributed by atoms with van der Waals surface area (Å²) in [6.45, 7) is 8.04. The van der Waals surface area contributed by atoms with Gasteiger partial charge in [-0.25, -0.2) is 61.3 Å². The third-order valence-corrected chi connectivity index (χ3v) is 22.2. The number of aryl methyl sites for hydroxylation is 2. The van der Waals surface area contributed by atoms with E-state index >= 15 is 0 Å². The number of rotatable bonds is 13. The first-order valence-corrected chi connectivity index (χ1v) is 29.6. The Morgan fingerprint density at radius 1 is 0.652 bits per heavy atom. The monoisotopic (exact) mass is 1020 g/mol. The van der Waals surface area contributed by atoms with Gasteiger partial charge in [-0.2, -0.15) is 0 Å². The molecule has 2 aromatic carbocycles. The lowest BCUT2D eigenvalue weighted by Gasteiger charge is -2.20. The molecule has 0 amide bonds. The molecule has 5 aromatic heterocycles. The van der Waals surface area contributed by atoms with Gasteiger partial charge in [0.25, 0.3) is 20.0 Å². The number of nitrogens with one attached hydrogen (secondary N) is 2. The van der Waals surface area contributed by atoms with Gasteiger partial charge in [0.15, 0.2) is 21.1 Å². The van der Waals surface area contributed by atoms with Crippen molar-refractivity contribution >= 4 is 84.4 Å². The predicted molar refractivity (Wildman–Crippen MR) is 267 cm³/mol. The number of hydrogen-bond donors (Lipinski definition) is 3. The first-order chi connectivity index (χ1) is 32.7. The molecule has 4 aliphatic rings. The zero-order valence-corrected chi connectivity index (χ0v) is 42.1. The molecule has 69 heavy (non-hydrogen) atoms. The number of nitrogens with zero attached hydrogens (tertiary/aromatic N) is 6. The Kier molecular flexibility index (Phi) is 12.0. The Labute approximate surface area is 403 Å². The van der Waals surface area contributed by atoms with Gasteiger partial charge in [-0.15, -0.1) is 0 Å². The minimum absolute atomic E-state index is 0.0366. The summed E-state index contributed by atoms with van der Waals surface area (Å²) in [6, 6.07) is 16.9. The van der Waals surface area contributed by atoms with Crippen molar-refractivity contribution in [2.45, 2.75) is 117 Å². The highest BCUT2D eigenvalue weighted by molar-refractivity contribution is 7.92. The van der Waals surface area contributed by atoms with Crippen LogP contribution in [-0.2, 0) is 39.9 Å². The van der Waals surface area contributed by atoms with Gasteiger partial charge in [-0.1, -0.05) is 49.2 Å². The second-order valence-electron chi connectivity index (χ2n) is 19.7. The Bertz CT molecular complexity index is 3570. The number of aromatic nitrogens is 6. The number of hydrogen-bond acceptors (Lipinski definition) is 13. The van der Waals surface area contributed by atoms with Crippen LogP contribution in [0.5, 0.6) is 0 Å². The third-order valence-electron chi connectivity index (χ3n) is 14.4. The van der Waals surface area contributed by atoms with Crippen molar-refractivity contribution in [2.75, 3.05) is 16.8 Å². The van der Waals surface area contributed by atoms with Crippen LogP contribution < -0.4 is 15.8 Å². The predicted octanol–water partition coefficient (Wildman–Crippen LogP) is 6.92. The summed E-state index contributed by atoms with van der Waals surface area (Å²) in [5, 5.41) is 4.45. The largest absolute Gasteiger partial charge is 0.396 e. The summed E-state index contributed by atoms with van der Waals surface area (Å²) < 4.78 is 111. The van der Waals surface area contributed by atoms with Gasteiger partial charge in [0.1, 0.15) is 5.52 Å². The minimum atomic E-state index is -3.82. The average molecular weight is 1020 g/mol. The third kappa shape index (κ3) is 9.04. The maximum Gasteiger partial charge on any atom is 0.269 e. The Morgan fingerprint density at radius 2 is 1.22 bits per heavy atom. The molecule has 6 atom stereocenters. The molecular formula is C48H57N9O8S4. The SMILES string of the molecule is Cc1ccc(S(=O)(=O)n2ccc3c(NC4CC(CS(=O)(=O)C5CC5)CC4C)c(N)cnc32)cc1.Cc1ccc(S(=O)(=O)n2ccc3c4c(cnc32)ncn4C2CC(NS(=O)(=O)C3CC3)CC2C)cc1. The molecule has 11 rings (SSSR count). The van der Waals surface area contributed by atoms with Crippen molar-refractivity contribution in [1.29, 1.82) is 0 Å². The van der Waals surface area contributed by atoms with E-state index in [2.05, 4.69) is 43.4 Å². The van der Waals surface area contributed by atoms with Crippen LogP contribution in [0.4, 0.5) is 11.4 Å². The summed E-state index contributed by atoms with van der Waals surface area (Å²) in [6.07, 6.45) is 13.9. The number of sulfone groups is 1. The van der Waals surface area contributed by atoms with Crippen molar-refractivity contribution in [3.8, 4) is 0 Å². The normalized spacial score (nSPS) is 23.4. The van der Waals surface area contributed by atoms with Crippen molar-refractivity contribution in [3.05, 3.63) is 103 Å². The lowest BCUT2D eigenvalue weighted by molar-refractivity contribution is 0.416. The summed E-state index contributed by atoms with van der Waals surface area (Å²) in [5.41, 5.74) is 11.4. The molecule has 5 heterocycles. The zero-order chi connectivity index (χ0) is 48.8. The number of pyridine rings is 2. The van der Waals surface area contributed by atoms with Crippen molar-refractivity contribution in [3.63, 3.8) is 0 Å². The maximum atomic E-state index is 13.4. The van der Waals surface area contributed by atoms with E-state index in [-0.39, 0.29) is 61.9 Å². The summed E-state index contributed by atoms with van der Waals surface area (Å²) in [7, 11) is -13.9. The van der Waals surface area contributed by atoms with Gasteiger partial charge in [-0.05, 0) is 119 Å². The second kappa shape index (κ2) is 17.5. The van der Waals surface area contributed by atoms with Crippen LogP contribution in [0.1, 0.15) is 82.4 Å². The van der Waals surface area contributed by atoms with E-state index in [1.165, 1.54) is 26.5 Å². The molecule has 4 fully saturated rings. The Hall–Kier alpha value is -5.35. The Morgan fingerprint density at radius 3 is 1.81 bits per heavy atom. The standard InChI is InChI=1S/C24H27N5O4S2.C24H30N4O4S2/c1-15-3-5-19(6-4-15)35(32,33)29-10-9-20-23-21(13-25-24(20)29)26-14-28(23)22-12-17(11-16(22)2)27-34(30,31)18-7-8-18;1-15-3-5-19(6-4-15)34(31,32)28-10-9-20-23(21(25)13-26-24(20)28)27-22-12-17(11-16(22)2)14-33(29,30)18-7-8-18/h3-6,9-10,13-14,16-18,22,27H,7-8,11-12H2,1-2H3;3-6,9-10,13,16-18,22H,7-8,11-12,14,25H2,1-2H3,(H,26,27). The number of imidazole rings is 1. The van der Waals surface area contributed by atoms with Gasteiger partial charge >= 0.3 is 0 Å². The molecule has 0 saturated heterocycles. The fourth-order valence-corrected chi connectivity index (χ4v) is 16.6. The summed E-state index contributed by atoms with van der Waals surface area (Å²) >= 11 is 0. The lowest BCUT2D eigenvalue weighted by Crippen LogP contribution is -2.35. The van der Waals surface area contributed by atoms with E-state index in [9.17, 15) is 33.7 Å². The number of nitrogens with two attached hydrogens (primary N) is 1. The maximum absolute atomic E-state index is 13.4. The second-order valence-corrected chi connectivity index (χ2v) is 27.7. The van der Waals surface area contributed by atoms with Gasteiger partial charge in [0.2, 0.25) is 10.0 Å². The van der Waals surface area contributed by atoms with Crippen LogP contribution in [-0.4, -0.2) is 89.5 Å². The molecule has 0 radical (unpaired) electrons. The average Bonchev–Trinajstić information content (AvgIpc) is 4.13. The molecule has 4 N–H and O–H groups in total. The van der Waals surface area contributed by atoms with E-state index in [1.807, 2.05) is 13.8 Å². The van der Waals surface area contributed by atoms with Crippen LogP contribution in [0, 0.1) is 31.6 Å². The molecule has 7 aromatic rings. The van der Waals surface area contributed by atoms with E-state index in [0.29, 0.717) is 45.4 Å². The smallest absolute Gasteiger partial charge is 0.269 e. The van der Waals surface area contributed by atoms with Crippen LogP contribution >= 0.6 is 0 Å². The van der Waals surface area contributed by atoms with Gasteiger partial charge in [-0.3, -0.25) is 0 Å². The summed E-state index contributed by atoms with van der Waals surface area (Å²) in [5.74, 6) is 0.844. The molecule has 0 spiro atoms.